The van der Waals surface area contributed by atoms with Gasteiger partial charge in [0.15, 0.2) is 0 Å². The molecule has 1 unspecified atom stereocenters. The summed E-state index contributed by atoms with van der Waals surface area (Å²) >= 11 is 6.05. The maximum atomic E-state index is 6.05. The summed E-state index contributed by atoms with van der Waals surface area (Å²) < 4.78 is 10.7. The molecule has 1 saturated heterocycles. The zero-order chi connectivity index (χ0) is 10.9. The standard InChI is InChI=1S/C12H15ClO2/c1-12(5-6-15-12)8-9-3-4-11(14-2)10(13)7-9/h3-4,7H,5-6,8H2,1-2H3. The van der Waals surface area contributed by atoms with Crippen LogP contribution in [0.3, 0.4) is 0 Å². The van der Waals surface area contributed by atoms with Gasteiger partial charge in [0.2, 0.25) is 0 Å². The lowest BCUT2D eigenvalue weighted by atomic mass is 9.89. The smallest absolute Gasteiger partial charge is 0.137 e. The van der Waals surface area contributed by atoms with Crippen LogP contribution in [0, 0.1) is 0 Å². The molecule has 0 bridgehead atoms. The number of ether oxygens (including phenoxy) is 2. The van der Waals surface area contributed by atoms with E-state index in [1.54, 1.807) is 7.11 Å². The number of hydrogen-bond acceptors (Lipinski definition) is 2. The average molecular weight is 227 g/mol. The SMILES string of the molecule is COc1ccc(CC2(C)CCO2)cc1Cl. The largest absolute Gasteiger partial charge is 0.495 e. The van der Waals surface area contributed by atoms with E-state index in [1.165, 1.54) is 5.56 Å². The van der Waals surface area contributed by atoms with Gasteiger partial charge in [-0.15, -0.1) is 0 Å². The molecule has 0 aromatic heterocycles. The minimum Gasteiger partial charge on any atom is -0.495 e. The second kappa shape index (κ2) is 4.03. The predicted molar refractivity (Wildman–Crippen MR) is 60.7 cm³/mol. The Morgan fingerprint density at radius 3 is 2.73 bits per heavy atom. The molecule has 1 heterocycles. The normalized spacial score (nSPS) is 24.7. The van der Waals surface area contributed by atoms with Crippen molar-refractivity contribution in [3.63, 3.8) is 0 Å². The van der Waals surface area contributed by atoms with Crippen LogP contribution < -0.4 is 4.74 Å². The highest BCUT2D eigenvalue weighted by atomic mass is 35.5. The lowest BCUT2D eigenvalue weighted by molar-refractivity contribution is -0.132. The molecule has 3 heteroatoms. The first-order valence-corrected chi connectivity index (χ1v) is 5.47. The summed E-state index contributed by atoms with van der Waals surface area (Å²) in [7, 11) is 1.62. The third-order valence-electron chi connectivity index (χ3n) is 2.88. The molecule has 1 fully saturated rings. The van der Waals surface area contributed by atoms with Crippen molar-refractivity contribution in [1.29, 1.82) is 0 Å². The molecule has 1 aromatic carbocycles. The van der Waals surface area contributed by atoms with Gasteiger partial charge in [-0.2, -0.15) is 0 Å². The fourth-order valence-electron chi connectivity index (χ4n) is 1.84. The van der Waals surface area contributed by atoms with Gasteiger partial charge in [-0.3, -0.25) is 0 Å². The van der Waals surface area contributed by atoms with Gasteiger partial charge in [0.05, 0.1) is 24.3 Å². The molecule has 1 aliphatic heterocycles. The van der Waals surface area contributed by atoms with Gasteiger partial charge in [0, 0.05) is 6.42 Å². The number of methoxy groups -OCH3 is 1. The fourth-order valence-corrected chi connectivity index (χ4v) is 2.12. The highest BCUT2D eigenvalue weighted by molar-refractivity contribution is 6.32. The summed E-state index contributed by atoms with van der Waals surface area (Å²) in [5, 5.41) is 0.665. The van der Waals surface area contributed by atoms with Crippen LogP contribution in [-0.4, -0.2) is 19.3 Å². The van der Waals surface area contributed by atoms with Gasteiger partial charge in [-0.1, -0.05) is 17.7 Å². The topological polar surface area (TPSA) is 18.5 Å². The van der Waals surface area contributed by atoms with Gasteiger partial charge >= 0.3 is 0 Å². The van der Waals surface area contributed by atoms with Crippen molar-refractivity contribution in [2.24, 2.45) is 0 Å². The molecule has 2 nitrogen and oxygen atoms in total. The zero-order valence-corrected chi connectivity index (χ0v) is 9.80. The molecular weight excluding hydrogens is 212 g/mol. The Labute approximate surface area is 95.1 Å². The van der Waals surface area contributed by atoms with Crippen LogP contribution >= 0.6 is 11.6 Å². The summed E-state index contributed by atoms with van der Waals surface area (Å²) in [5.41, 5.74) is 1.21. The Balaban J connectivity index is 2.12. The summed E-state index contributed by atoms with van der Waals surface area (Å²) in [6.45, 7) is 3.01. The lowest BCUT2D eigenvalue weighted by Crippen LogP contribution is -2.42. The van der Waals surface area contributed by atoms with Gasteiger partial charge in [0.25, 0.3) is 0 Å². The van der Waals surface area contributed by atoms with Crippen LogP contribution in [0.1, 0.15) is 18.9 Å². The van der Waals surface area contributed by atoms with Crippen molar-refractivity contribution >= 4 is 11.6 Å². The van der Waals surface area contributed by atoms with Crippen LogP contribution in [0.5, 0.6) is 5.75 Å². The first-order chi connectivity index (χ1) is 7.13. The van der Waals surface area contributed by atoms with E-state index in [-0.39, 0.29) is 5.60 Å². The third-order valence-corrected chi connectivity index (χ3v) is 3.17. The predicted octanol–water partition coefficient (Wildman–Crippen LogP) is 3.07. The second-order valence-corrected chi connectivity index (χ2v) is 4.60. The number of benzene rings is 1. The highest BCUT2D eigenvalue weighted by Gasteiger charge is 2.33. The van der Waals surface area contributed by atoms with Crippen molar-refractivity contribution in [1.82, 2.24) is 0 Å². The lowest BCUT2D eigenvalue weighted by Gasteiger charge is -2.38. The summed E-state index contributed by atoms with van der Waals surface area (Å²) in [6, 6.07) is 5.89. The van der Waals surface area contributed by atoms with E-state index >= 15 is 0 Å². The van der Waals surface area contributed by atoms with E-state index in [0.29, 0.717) is 5.02 Å². The van der Waals surface area contributed by atoms with E-state index in [4.69, 9.17) is 21.1 Å². The van der Waals surface area contributed by atoms with E-state index in [9.17, 15) is 0 Å². The Hall–Kier alpha value is -0.730. The molecule has 1 aromatic rings. The molecule has 82 valence electrons. The Morgan fingerprint density at radius 2 is 2.27 bits per heavy atom. The maximum Gasteiger partial charge on any atom is 0.137 e. The molecule has 0 spiro atoms. The third kappa shape index (κ3) is 2.27. The molecule has 2 rings (SSSR count). The van der Waals surface area contributed by atoms with Crippen molar-refractivity contribution in [2.45, 2.75) is 25.4 Å². The molecule has 0 amide bonds. The molecule has 0 N–H and O–H groups in total. The fraction of sp³-hybridized carbons (Fsp3) is 0.500. The first kappa shape index (κ1) is 10.8. The molecule has 1 aliphatic rings. The summed E-state index contributed by atoms with van der Waals surface area (Å²) in [5.74, 6) is 0.722. The quantitative estimate of drug-likeness (QED) is 0.789. The van der Waals surface area contributed by atoms with Gasteiger partial charge < -0.3 is 9.47 Å². The minimum absolute atomic E-state index is 0.0118. The Kier molecular flexibility index (Phi) is 2.89. The van der Waals surface area contributed by atoms with Crippen molar-refractivity contribution in [2.75, 3.05) is 13.7 Å². The monoisotopic (exact) mass is 226 g/mol. The zero-order valence-electron chi connectivity index (χ0n) is 9.05. The van der Waals surface area contributed by atoms with E-state index in [2.05, 4.69) is 6.92 Å². The van der Waals surface area contributed by atoms with E-state index in [0.717, 1.165) is 25.2 Å². The average Bonchev–Trinajstić information content (AvgIpc) is 2.16. The number of halogens is 1. The van der Waals surface area contributed by atoms with Crippen LogP contribution in [0.15, 0.2) is 18.2 Å². The molecule has 0 aliphatic carbocycles. The van der Waals surface area contributed by atoms with E-state index < -0.39 is 0 Å². The molecule has 0 radical (unpaired) electrons. The maximum absolute atomic E-state index is 6.05. The highest BCUT2D eigenvalue weighted by Crippen LogP contribution is 2.32. The van der Waals surface area contributed by atoms with Crippen molar-refractivity contribution in [3.8, 4) is 5.75 Å². The Bertz CT molecular complexity index is 359. The van der Waals surface area contributed by atoms with Crippen LogP contribution in [0.25, 0.3) is 0 Å². The van der Waals surface area contributed by atoms with Gasteiger partial charge in [-0.25, -0.2) is 0 Å². The van der Waals surface area contributed by atoms with Gasteiger partial charge in [-0.05, 0) is 31.0 Å². The Morgan fingerprint density at radius 1 is 1.53 bits per heavy atom. The van der Waals surface area contributed by atoms with Crippen LogP contribution in [0.4, 0.5) is 0 Å². The molecular formula is C12H15ClO2. The van der Waals surface area contributed by atoms with Crippen molar-refractivity contribution < 1.29 is 9.47 Å². The van der Waals surface area contributed by atoms with Crippen LogP contribution in [-0.2, 0) is 11.2 Å². The van der Waals surface area contributed by atoms with Gasteiger partial charge in [0.1, 0.15) is 5.75 Å². The number of rotatable bonds is 3. The summed E-state index contributed by atoms with van der Waals surface area (Å²) in [4.78, 5) is 0. The van der Waals surface area contributed by atoms with Crippen molar-refractivity contribution in [3.05, 3.63) is 28.8 Å². The van der Waals surface area contributed by atoms with E-state index in [1.807, 2.05) is 18.2 Å². The molecule has 1 atom stereocenters. The number of hydrogen-bond donors (Lipinski definition) is 0. The molecule has 0 saturated carbocycles. The summed E-state index contributed by atoms with van der Waals surface area (Å²) in [6.07, 6.45) is 2.04. The second-order valence-electron chi connectivity index (χ2n) is 4.19. The van der Waals surface area contributed by atoms with Crippen LogP contribution in [0.2, 0.25) is 5.02 Å². The minimum atomic E-state index is 0.0118. The molecule has 15 heavy (non-hydrogen) atoms. The first-order valence-electron chi connectivity index (χ1n) is 5.09.